The Labute approximate surface area is 130 Å². The lowest BCUT2D eigenvalue weighted by Crippen LogP contribution is -2.02. The third-order valence-electron chi connectivity index (χ3n) is 3.21. The lowest BCUT2D eigenvalue weighted by atomic mass is 10.1. The molecule has 1 N–H and O–H groups in total. The maximum absolute atomic E-state index is 13.0. The van der Waals surface area contributed by atoms with Crippen molar-refractivity contribution in [2.24, 2.45) is 0 Å². The average Bonchev–Trinajstić information content (AvgIpc) is 3.04. The van der Waals surface area contributed by atoms with Gasteiger partial charge in [0.2, 0.25) is 5.82 Å². The number of carboxylic acids is 1. The number of rotatable bonds is 4. The molecule has 3 rings (SSSR count). The third kappa shape index (κ3) is 2.76. The van der Waals surface area contributed by atoms with Crippen molar-refractivity contribution < 1.29 is 23.6 Å². The van der Waals surface area contributed by atoms with Crippen LogP contribution in [-0.2, 0) is 0 Å². The predicted octanol–water partition coefficient (Wildman–Crippen LogP) is 3.25. The summed E-state index contributed by atoms with van der Waals surface area (Å²) < 4.78 is 23.3. The first kappa shape index (κ1) is 14.7. The molecule has 0 aliphatic heterocycles. The van der Waals surface area contributed by atoms with Gasteiger partial charge >= 0.3 is 5.97 Å². The van der Waals surface area contributed by atoms with Crippen molar-refractivity contribution in [2.45, 2.75) is 0 Å². The van der Waals surface area contributed by atoms with E-state index in [0.717, 1.165) is 0 Å². The van der Waals surface area contributed by atoms with Gasteiger partial charge in [-0.1, -0.05) is 11.2 Å². The van der Waals surface area contributed by atoms with Crippen molar-refractivity contribution >= 4 is 5.97 Å². The van der Waals surface area contributed by atoms with Crippen LogP contribution in [0, 0.1) is 5.82 Å². The molecule has 0 spiro atoms. The molecule has 23 heavy (non-hydrogen) atoms. The van der Waals surface area contributed by atoms with E-state index in [-0.39, 0.29) is 28.8 Å². The number of nitrogens with zero attached hydrogens (tertiary/aromatic N) is 2. The fraction of sp³-hybridized carbons (Fsp3) is 0.0625. The zero-order valence-electron chi connectivity index (χ0n) is 12.0. The number of carbonyl (C=O) groups is 1. The van der Waals surface area contributed by atoms with Crippen LogP contribution in [0.3, 0.4) is 0 Å². The van der Waals surface area contributed by atoms with Gasteiger partial charge in [0, 0.05) is 5.56 Å². The van der Waals surface area contributed by atoms with Crippen molar-refractivity contribution in [3.8, 4) is 28.6 Å². The Morgan fingerprint density at radius 2 is 1.96 bits per heavy atom. The number of para-hydroxylation sites is 1. The highest BCUT2D eigenvalue weighted by Gasteiger charge is 2.20. The van der Waals surface area contributed by atoms with Gasteiger partial charge < -0.3 is 14.4 Å². The van der Waals surface area contributed by atoms with E-state index >= 15 is 0 Å². The van der Waals surface area contributed by atoms with Crippen LogP contribution in [0.15, 0.2) is 47.0 Å². The minimum absolute atomic E-state index is 0.00173. The molecule has 6 nitrogen and oxygen atoms in total. The summed E-state index contributed by atoms with van der Waals surface area (Å²) in [6, 6.07) is 10.2. The van der Waals surface area contributed by atoms with Crippen LogP contribution in [0.1, 0.15) is 10.4 Å². The van der Waals surface area contributed by atoms with Crippen molar-refractivity contribution in [1.82, 2.24) is 10.1 Å². The van der Waals surface area contributed by atoms with Crippen molar-refractivity contribution in [1.29, 1.82) is 0 Å². The van der Waals surface area contributed by atoms with Crippen LogP contribution >= 0.6 is 0 Å². The first-order valence-corrected chi connectivity index (χ1v) is 6.60. The maximum Gasteiger partial charge on any atom is 0.339 e. The van der Waals surface area contributed by atoms with Gasteiger partial charge in [-0.25, -0.2) is 9.18 Å². The van der Waals surface area contributed by atoms with Gasteiger partial charge in [-0.2, -0.15) is 4.98 Å². The number of carboxylic acid groups (broad SMARTS) is 1. The second kappa shape index (κ2) is 5.88. The van der Waals surface area contributed by atoms with E-state index in [9.17, 15) is 14.3 Å². The quantitative estimate of drug-likeness (QED) is 0.795. The zero-order valence-corrected chi connectivity index (χ0v) is 12.0. The van der Waals surface area contributed by atoms with E-state index < -0.39 is 5.97 Å². The Kier molecular flexibility index (Phi) is 3.76. The van der Waals surface area contributed by atoms with Crippen molar-refractivity contribution in [2.75, 3.05) is 7.11 Å². The highest BCUT2D eigenvalue weighted by molar-refractivity contribution is 5.93. The van der Waals surface area contributed by atoms with Crippen LogP contribution in [-0.4, -0.2) is 28.3 Å². The first-order valence-electron chi connectivity index (χ1n) is 6.60. The Morgan fingerprint density at radius 3 is 2.61 bits per heavy atom. The topological polar surface area (TPSA) is 85.5 Å². The number of halogens is 1. The highest BCUT2D eigenvalue weighted by atomic mass is 19.1. The molecule has 0 fully saturated rings. The molecule has 0 saturated heterocycles. The Balaban J connectivity index is 2.05. The second-order valence-electron chi connectivity index (χ2n) is 4.62. The summed E-state index contributed by atoms with van der Waals surface area (Å²) in [5.41, 5.74) is 0.946. The summed E-state index contributed by atoms with van der Waals surface area (Å²) in [4.78, 5) is 15.5. The lowest BCUT2D eigenvalue weighted by Gasteiger charge is -2.07. The Morgan fingerprint density at radius 1 is 1.22 bits per heavy atom. The average molecular weight is 314 g/mol. The zero-order chi connectivity index (χ0) is 16.4. The summed E-state index contributed by atoms with van der Waals surface area (Å²) in [6.45, 7) is 0. The highest BCUT2D eigenvalue weighted by Crippen LogP contribution is 2.32. The monoisotopic (exact) mass is 314 g/mol. The number of methoxy groups -OCH3 is 1. The number of hydrogen-bond acceptors (Lipinski definition) is 5. The lowest BCUT2D eigenvalue weighted by molar-refractivity contribution is 0.0693. The fourth-order valence-corrected chi connectivity index (χ4v) is 2.14. The maximum atomic E-state index is 13.0. The molecule has 0 aliphatic rings. The van der Waals surface area contributed by atoms with Crippen LogP contribution in [0.4, 0.5) is 4.39 Å². The molecular formula is C16H11FN2O4. The predicted molar refractivity (Wildman–Crippen MR) is 78.6 cm³/mol. The number of ether oxygens (including phenoxy) is 1. The molecular weight excluding hydrogens is 303 g/mol. The third-order valence-corrected chi connectivity index (χ3v) is 3.21. The largest absolute Gasteiger partial charge is 0.495 e. The molecule has 0 atom stereocenters. The van der Waals surface area contributed by atoms with Gasteiger partial charge in [0.05, 0.1) is 12.7 Å². The Bertz CT molecular complexity index is 859. The van der Waals surface area contributed by atoms with E-state index in [1.807, 2.05) is 0 Å². The molecule has 2 aromatic carbocycles. The number of aromatic nitrogens is 2. The fourth-order valence-electron chi connectivity index (χ4n) is 2.14. The van der Waals surface area contributed by atoms with Crippen LogP contribution in [0.25, 0.3) is 22.8 Å². The molecule has 0 amide bonds. The molecule has 7 heteroatoms. The van der Waals surface area contributed by atoms with E-state index in [4.69, 9.17) is 9.26 Å². The van der Waals surface area contributed by atoms with Gasteiger partial charge in [0.1, 0.15) is 17.1 Å². The minimum atomic E-state index is -1.12. The van der Waals surface area contributed by atoms with Crippen LogP contribution in [0.5, 0.6) is 5.75 Å². The summed E-state index contributed by atoms with van der Waals surface area (Å²) in [7, 11) is 1.37. The van der Waals surface area contributed by atoms with Gasteiger partial charge in [-0.3, -0.25) is 0 Å². The Hall–Kier alpha value is -3.22. The SMILES string of the molecule is COc1c(C(=O)O)cccc1-c1noc(-c2ccc(F)cc2)n1. The minimum Gasteiger partial charge on any atom is -0.495 e. The van der Waals surface area contributed by atoms with Gasteiger partial charge in [0.25, 0.3) is 5.89 Å². The number of benzene rings is 2. The van der Waals surface area contributed by atoms with Crippen molar-refractivity contribution in [3.05, 3.63) is 53.8 Å². The molecule has 0 bridgehead atoms. The molecule has 1 heterocycles. The summed E-state index contributed by atoms with van der Waals surface area (Å²) >= 11 is 0. The van der Waals surface area contributed by atoms with E-state index in [2.05, 4.69) is 10.1 Å². The molecule has 0 aliphatic carbocycles. The second-order valence-corrected chi connectivity index (χ2v) is 4.62. The molecule has 3 aromatic rings. The van der Waals surface area contributed by atoms with E-state index in [1.54, 1.807) is 12.1 Å². The molecule has 0 saturated carbocycles. The molecule has 0 unspecified atom stereocenters. The summed E-state index contributed by atoms with van der Waals surface area (Å²) in [5, 5.41) is 13.0. The summed E-state index contributed by atoms with van der Waals surface area (Å²) in [5.74, 6) is -0.964. The number of aromatic carboxylic acids is 1. The van der Waals surface area contributed by atoms with Gasteiger partial charge in [-0.15, -0.1) is 0 Å². The molecule has 1 aromatic heterocycles. The molecule has 116 valence electrons. The molecule has 0 radical (unpaired) electrons. The van der Waals surface area contributed by atoms with E-state index in [0.29, 0.717) is 11.1 Å². The van der Waals surface area contributed by atoms with Crippen LogP contribution in [0.2, 0.25) is 0 Å². The van der Waals surface area contributed by atoms with Crippen LogP contribution < -0.4 is 4.74 Å². The van der Waals surface area contributed by atoms with E-state index in [1.165, 1.54) is 37.4 Å². The smallest absolute Gasteiger partial charge is 0.339 e. The standard InChI is InChI=1S/C16H11FN2O4/c1-22-13-11(3-2-4-12(13)16(20)21)14-18-15(23-19-14)9-5-7-10(17)8-6-9/h2-8H,1H3,(H,20,21). The summed E-state index contributed by atoms with van der Waals surface area (Å²) in [6.07, 6.45) is 0. The van der Waals surface area contributed by atoms with Crippen molar-refractivity contribution in [3.63, 3.8) is 0 Å². The van der Waals surface area contributed by atoms with Gasteiger partial charge in [-0.05, 0) is 36.4 Å². The van der Waals surface area contributed by atoms with Gasteiger partial charge in [0.15, 0.2) is 0 Å². The first-order chi connectivity index (χ1) is 11.1. The number of hydrogen-bond donors (Lipinski definition) is 1. The normalized spacial score (nSPS) is 10.5.